The van der Waals surface area contributed by atoms with Crippen LogP contribution < -0.4 is 10.6 Å². The van der Waals surface area contributed by atoms with Gasteiger partial charge in [-0.15, -0.1) is 0 Å². The van der Waals surface area contributed by atoms with Crippen LogP contribution in [0.2, 0.25) is 0 Å². The molecule has 1 saturated heterocycles. The molecule has 1 aromatic rings. The lowest BCUT2D eigenvalue weighted by molar-refractivity contribution is -0.115. The summed E-state index contributed by atoms with van der Waals surface area (Å²) in [5.41, 5.74) is 3.17. The number of morpholine rings is 1. The van der Waals surface area contributed by atoms with Gasteiger partial charge in [0.2, 0.25) is 5.91 Å². The molecule has 2 aliphatic rings. The average Bonchev–Trinajstić information content (AvgIpc) is 2.66. The molecule has 2 heterocycles. The van der Waals surface area contributed by atoms with Crippen LogP contribution in [-0.4, -0.2) is 24.1 Å². The third-order valence-electron chi connectivity index (χ3n) is 3.78. The zero-order chi connectivity index (χ0) is 13.6. The number of carbonyl (C=O) groups is 1. The van der Waals surface area contributed by atoms with Crippen molar-refractivity contribution in [3.05, 3.63) is 29.3 Å². The normalized spacial score (nSPS) is 28.9. The number of nitrogens with one attached hydrogen (secondary N) is 2. The van der Waals surface area contributed by atoms with Gasteiger partial charge in [0, 0.05) is 17.3 Å². The summed E-state index contributed by atoms with van der Waals surface area (Å²) in [6.45, 7) is 7.12. The maximum Gasteiger partial charge on any atom is 0.228 e. The smallest absolute Gasteiger partial charge is 0.228 e. The monoisotopic (exact) mass is 260 g/mol. The van der Waals surface area contributed by atoms with Gasteiger partial charge < -0.3 is 15.4 Å². The molecular weight excluding hydrogens is 240 g/mol. The van der Waals surface area contributed by atoms with Crippen molar-refractivity contribution >= 4 is 11.6 Å². The van der Waals surface area contributed by atoms with E-state index in [1.54, 1.807) is 0 Å². The second kappa shape index (κ2) is 4.32. The Kier molecular flexibility index (Phi) is 2.87. The third kappa shape index (κ3) is 2.38. The van der Waals surface area contributed by atoms with Crippen LogP contribution in [0, 0.1) is 0 Å². The molecule has 2 atom stereocenters. The van der Waals surface area contributed by atoms with Crippen LogP contribution in [0.4, 0.5) is 5.69 Å². The summed E-state index contributed by atoms with van der Waals surface area (Å²) in [5, 5.41) is 6.43. The number of fused-ring (bicyclic) bond motifs is 1. The molecule has 1 fully saturated rings. The fourth-order valence-electron chi connectivity index (χ4n) is 2.99. The van der Waals surface area contributed by atoms with Gasteiger partial charge in [0.1, 0.15) is 0 Å². The molecule has 1 amide bonds. The summed E-state index contributed by atoms with van der Waals surface area (Å²) < 4.78 is 6.01. The largest absolute Gasteiger partial charge is 0.370 e. The van der Waals surface area contributed by atoms with Gasteiger partial charge in [0.25, 0.3) is 0 Å². The predicted molar refractivity (Wildman–Crippen MR) is 74.1 cm³/mol. The Morgan fingerprint density at radius 2 is 2.16 bits per heavy atom. The second-order valence-corrected chi connectivity index (χ2v) is 6.19. The van der Waals surface area contributed by atoms with Crippen LogP contribution >= 0.6 is 0 Å². The van der Waals surface area contributed by atoms with Crippen LogP contribution in [0.15, 0.2) is 18.2 Å². The van der Waals surface area contributed by atoms with Crippen LogP contribution in [0.5, 0.6) is 0 Å². The molecule has 0 aromatic heterocycles. The highest BCUT2D eigenvalue weighted by molar-refractivity contribution is 5.99. The lowest BCUT2D eigenvalue weighted by Gasteiger charge is -2.41. The molecule has 0 aliphatic carbocycles. The van der Waals surface area contributed by atoms with Gasteiger partial charge in [-0.25, -0.2) is 0 Å². The Morgan fingerprint density at radius 3 is 2.89 bits per heavy atom. The lowest BCUT2D eigenvalue weighted by Crippen LogP contribution is -2.55. The van der Waals surface area contributed by atoms with Crippen molar-refractivity contribution in [2.24, 2.45) is 0 Å². The van der Waals surface area contributed by atoms with Crippen molar-refractivity contribution in [2.75, 3.05) is 11.9 Å². The van der Waals surface area contributed by atoms with Crippen LogP contribution in [0.25, 0.3) is 0 Å². The highest BCUT2D eigenvalue weighted by Crippen LogP contribution is 2.32. The minimum Gasteiger partial charge on any atom is -0.370 e. The number of ether oxygens (including phenoxy) is 1. The van der Waals surface area contributed by atoms with Crippen molar-refractivity contribution in [3.63, 3.8) is 0 Å². The number of hydrogen-bond donors (Lipinski definition) is 2. The molecule has 2 unspecified atom stereocenters. The standard InChI is InChI=1S/C15H20N2O2/c1-9-14(19-8-15(2,3)17-9)10-4-5-12-11(6-10)7-13(18)16-12/h4-6,9,14,17H,7-8H2,1-3H3,(H,16,18). The molecule has 4 nitrogen and oxygen atoms in total. The first-order valence-electron chi connectivity index (χ1n) is 6.77. The molecule has 2 N–H and O–H groups in total. The summed E-state index contributed by atoms with van der Waals surface area (Å²) in [5.74, 6) is 0.0732. The van der Waals surface area contributed by atoms with E-state index in [0.717, 1.165) is 16.8 Å². The summed E-state index contributed by atoms with van der Waals surface area (Å²) in [6.07, 6.45) is 0.525. The maximum absolute atomic E-state index is 11.4. The number of benzene rings is 1. The fraction of sp³-hybridized carbons (Fsp3) is 0.533. The van der Waals surface area contributed by atoms with Gasteiger partial charge >= 0.3 is 0 Å². The first-order valence-corrected chi connectivity index (χ1v) is 6.77. The van der Waals surface area contributed by atoms with E-state index in [4.69, 9.17) is 4.74 Å². The van der Waals surface area contributed by atoms with Gasteiger partial charge in [0.15, 0.2) is 0 Å². The highest BCUT2D eigenvalue weighted by Gasteiger charge is 2.33. The molecule has 0 bridgehead atoms. The third-order valence-corrected chi connectivity index (χ3v) is 3.78. The molecule has 0 radical (unpaired) electrons. The lowest BCUT2D eigenvalue weighted by atomic mass is 9.94. The molecule has 0 saturated carbocycles. The highest BCUT2D eigenvalue weighted by atomic mass is 16.5. The van der Waals surface area contributed by atoms with E-state index >= 15 is 0 Å². The second-order valence-electron chi connectivity index (χ2n) is 6.19. The molecule has 1 aromatic carbocycles. The molecule has 19 heavy (non-hydrogen) atoms. The van der Waals surface area contributed by atoms with Crippen molar-refractivity contribution < 1.29 is 9.53 Å². The molecule has 0 spiro atoms. The van der Waals surface area contributed by atoms with E-state index in [2.05, 4.69) is 37.5 Å². The first-order chi connectivity index (χ1) is 8.94. The molecular formula is C15H20N2O2. The van der Waals surface area contributed by atoms with Gasteiger partial charge in [-0.3, -0.25) is 4.79 Å². The molecule has 2 aliphatic heterocycles. The Bertz CT molecular complexity index is 525. The fourth-order valence-corrected chi connectivity index (χ4v) is 2.99. The minimum atomic E-state index is 0.0180. The van der Waals surface area contributed by atoms with Gasteiger partial charge in [-0.2, -0.15) is 0 Å². The van der Waals surface area contributed by atoms with Crippen LogP contribution in [-0.2, 0) is 16.0 Å². The van der Waals surface area contributed by atoms with Gasteiger partial charge in [-0.1, -0.05) is 12.1 Å². The topological polar surface area (TPSA) is 50.4 Å². The van der Waals surface area contributed by atoms with E-state index in [1.165, 1.54) is 0 Å². The summed E-state index contributed by atoms with van der Waals surface area (Å²) in [7, 11) is 0. The quantitative estimate of drug-likeness (QED) is 0.812. The van der Waals surface area contributed by atoms with Crippen molar-refractivity contribution in [1.82, 2.24) is 5.32 Å². The molecule has 102 valence electrons. The predicted octanol–water partition coefficient (Wildman–Crippen LogP) is 2.01. The Hall–Kier alpha value is -1.39. The summed E-state index contributed by atoms with van der Waals surface area (Å²) in [4.78, 5) is 11.4. The minimum absolute atomic E-state index is 0.0180. The van der Waals surface area contributed by atoms with Gasteiger partial charge in [-0.05, 0) is 38.0 Å². The zero-order valence-corrected chi connectivity index (χ0v) is 11.6. The molecule has 4 heteroatoms. The van der Waals surface area contributed by atoms with E-state index in [-0.39, 0.29) is 23.6 Å². The Labute approximate surface area is 113 Å². The number of rotatable bonds is 1. The number of amides is 1. The zero-order valence-electron chi connectivity index (χ0n) is 11.6. The van der Waals surface area contributed by atoms with Crippen LogP contribution in [0.1, 0.15) is 38.0 Å². The van der Waals surface area contributed by atoms with Crippen molar-refractivity contribution in [2.45, 2.75) is 44.9 Å². The average molecular weight is 260 g/mol. The van der Waals surface area contributed by atoms with Crippen molar-refractivity contribution in [3.8, 4) is 0 Å². The summed E-state index contributed by atoms with van der Waals surface area (Å²) >= 11 is 0. The van der Waals surface area contributed by atoms with E-state index < -0.39 is 0 Å². The SMILES string of the molecule is CC1NC(C)(C)COC1c1ccc2c(c1)CC(=O)N2. The maximum atomic E-state index is 11.4. The van der Waals surface area contributed by atoms with Gasteiger partial charge in [0.05, 0.1) is 19.1 Å². The Balaban J connectivity index is 1.84. The summed E-state index contributed by atoms with van der Waals surface area (Å²) in [6, 6.07) is 6.37. The van der Waals surface area contributed by atoms with Crippen LogP contribution in [0.3, 0.4) is 0 Å². The number of carbonyl (C=O) groups excluding carboxylic acids is 1. The molecule has 3 rings (SSSR count). The Morgan fingerprint density at radius 1 is 1.37 bits per heavy atom. The number of hydrogen-bond acceptors (Lipinski definition) is 3. The van der Waals surface area contributed by atoms with E-state index in [9.17, 15) is 4.79 Å². The van der Waals surface area contributed by atoms with E-state index in [1.807, 2.05) is 12.1 Å². The van der Waals surface area contributed by atoms with E-state index in [0.29, 0.717) is 13.0 Å². The first kappa shape index (κ1) is 12.6. The van der Waals surface area contributed by atoms with Crippen molar-refractivity contribution in [1.29, 1.82) is 0 Å². The number of anilines is 1.